The molecule has 142 valence electrons. The second-order valence-corrected chi connectivity index (χ2v) is 7.45. The van der Waals surface area contributed by atoms with Crippen molar-refractivity contribution in [3.63, 3.8) is 0 Å². The fourth-order valence-electron chi connectivity index (χ4n) is 3.76. The molecule has 3 aromatic carbocycles. The van der Waals surface area contributed by atoms with Crippen LogP contribution in [0.15, 0.2) is 69.9 Å². The molecule has 5 heteroatoms. The van der Waals surface area contributed by atoms with Crippen molar-refractivity contribution in [2.75, 3.05) is 14.2 Å². The molecule has 0 spiro atoms. The fraction of sp³-hybridized carbons (Fsp3) is 0.174. The Kier molecular flexibility index (Phi) is 5.07. The first-order valence-electron chi connectivity index (χ1n) is 9.13. The third kappa shape index (κ3) is 3.61. The highest BCUT2D eigenvalue weighted by molar-refractivity contribution is 6.30. The number of hydrogen-bond acceptors (Lipinski definition) is 3. The zero-order valence-corrected chi connectivity index (χ0v) is 16.5. The Morgan fingerprint density at radius 1 is 1.00 bits per heavy atom. The van der Waals surface area contributed by atoms with Gasteiger partial charge in [-0.2, -0.15) is 0 Å². The first-order chi connectivity index (χ1) is 13.5. The van der Waals surface area contributed by atoms with Gasteiger partial charge in [-0.3, -0.25) is 0 Å². The molecular formula is C23H21ClNO3+. The molecule has 0 aliphatic rings. The summed E-state index contributed by atoms with van der Waals surface area (Å²) in [6.45, 7) is 1.39. The van der Waals surface area contributed by atoms with E-state index in [0.29, 0.717) is 17.2 Å². The molecule has 0 fully saturated rings. The number of rotatable bonds is 5. The summed E-state index contributed by atoms with van der Waals surface area (Å²) in [7, 11) is 3.75. The molecule has 0 saturated heterocycles. The maximum Gasteiger partial charge on any atom is 0.336 e. The fourth-order valence-corrected chi connectivity index (χ4v) is 3.95. The molecule has 4 rings (SSSR count). The predicted molar refractivity (Wildman–Crippen MR) is 112 cm³/mol. The smallest absolute Gasteiger partial charge is 0.336 e. The molecular weight excluding hydrogens is 374 g/mol. The van der Waals surface area contributed by atoms with E-state index in [4.69, 9.17) is 20.8 Å². The van der Waals surface area contributed by atoms with E-state index in [2.05, 4.69) is 19.2 Å². The van der Waals surface area contributed by atoms with Gasteiger partial charge in [0.2, 0.25) is 0 Å². The summed E-state index contributed by atoms with van der Waals surface area (Å²) in [6, 6.07) is 19.2. The Hall–Kier alpha value is -2.82. The highest BCUT2D eigenvalue weighted by atomic mass is 35.5. The number of fused-ring (bicyclic) bond motifs is 3. The van der Waals surface area contributed by atoms with E-state index in [0.717, 1.165) is 39.6 Å². The van der Waals surface area contributed by atoms with Gasteiger partial charge in [0, 0.05) is 27.6 Å². The molecule has 0 bridgehead atoms. The van der Waals surface area contributed by atoms with Gasteiger partial charge < -0.3 is 14.1 Å². The van der Waals surface area contributed by atoms with Crippen LogP contribution in [0.2, 0.25) is 5.02 Å². The molecule has 0 amide bonds. The maximum atomic E-state index is 12.1. The van der Waals surface area contributed by atoms with E-state index < -0.39 is 0 Å². The van der Waals surface area contributed by atoms with Gasteiger partial charge in [-0.15, -0.1) is 0 Å². The van der Waals surface area contributed by atoms with Gasteiger partial charge in [0.05, 0.1) is 14.2 Å². The molecule has 0 aliphatic heterocycles. The van der Waals surface area contributed by atoms with E-state index >= 15 is 0 Å². The first-order valence-corrected chi connectivity index (χ1v) is 9.51. The lowest BCUT2D eigenvalue weighted by Crippen LogP contribution is -3.06. The molecule has 1 N–H and O–H groups in total. The van der Waals surface area contributed by atoms with Gasteiger partial charge in [-0.1, -0.05) is 41.9 Å². The van der Waals surface area contributed by atoms with Crippen molar-refractivity contribution in [1.82, 2.24) is 0 Å². The number of methoxy groups -OCH3 is 1. The molecule has 4 nitrogen and oxygen atoms in total. The van der Waals surface area contributed by atoms with E-state index in [1.54, 1.807) is 13.2 Å². The zero-order valence-electron chi connectivity index (χ0n) is 15.8. The lowest BCUT2D eigenvalue weighted by Gasteiger charge is -2.17. The number of hydrogen-bond donors (Lipinski definition) is 1. The van der Waals surface area contributed by atoms with E-state index in [1.807, 2.05) is 42.5 Å². The van der Waals surface area contributed by atoms with Crippen molar-refractivity contribution < 1.29 is 14.1 Å². The number of benzene rings is 3. The van der Waals surface area contributed by atoms with Crippen LogP contribution in [0.25, 0.3) is 21.7 Å². The lowest BCUT2D eigenvalue weighted by atomic mass is 10.0. The highest BCUT2D eigenvalue weighted by Crippen LogP contribution is 2.27. The lowest BCUT2D eigenvalue weighted by molar-refractivity contribution is -0.907. The molecule has 4 aromatic rings. The highest BCUT2D eigenvalue weighted by Gasteiger charge is 2.15. The normalized spacial score (nSPS) is 12.4. The van der Waals surface area contributed by atoms with Crippen molar-refractivity contribution in [1.29, 1.82) is 0 Å². The summed E-state index contributed by atoms with van der Waals surface area (Å²) in [6.07, 6.45) is 0. The van der Waals surface area contributed by atoms with Crippen LogP contribution in [-0.2, 0) is 13.1 Å². The molecule has 1 aromatic heterocycles. The summed E-state index contributed by atoms with van der Waals surface area (Å²) < 4.78 is 10.9. The second-order valence-electron chi connectivity index (χ2n) is 7.02. The van der Waals surface area contributed by atoms with Crippen molar-refractivity contribution in [2.45, 2.75) is 13.1 Å². The largest absolute Gasteiger partial charge is 0.496 e. The third-order valence-corrected chi connectivity index (χ3v) is 5.18. The van der Waals surface area contributed by atoms with E-state index in [9.17, 15) is 4.79 Å². The quantitative estimate of drug-likeness (QED) is 0.413. The molecule has 1 atom stereocenters. The Labute approximate surface area is 167 Å². The number of ether oxygens (including phenoxy) is 1. The number of nitrogens with one attached hydrogen (secondary N) is 1. The molecule has 0 saturated carbocycles. The van der Waals surface area contributed by atoms with Crippen molar-refractivity contribution in [3.05, 3.63) is 87.2 Å². The summed E-state index contributed by atoms with van der Waals surface area (Å²) >= 11 is 6.16. The van der Waals surface area contributed by atoms with Gasteiger partial charge in [0.1, 0.15) is 24.4 Å². The number of halogens is 1. The van der Waals surface area contributed by atoms with Gasteiger partial charge in [0.25, 0.3) is 0 Å². The SMILES string of the molecule is COc1ccc(Cl)cc1C[NH+](C)Cc1cc(=O)oc2ccc3ccccc3c12. The van der Waals surface area contributed by atoms with Crippen molar-refractivity contribution in [3.8, 4) is 5.75 Å². The molecule has 0 aliphatic carbocycles. The topological polar surface area (TPSA) is 43.9 Å². The summed E-state index contributed by atoms with van der Waals surface area (Å²) in [5.41, 5.74) is 2.30. The minimum Gasteiger partial charge on any atom is -0.496 e. The predicted octanol–water partition coefficient (Wildman–Crippen LogP) is 3.82. The summed E-state index contributed by atoms with van der Waals surface area (Å²) in [5, 5.41) is 3.89. The first kappa shape index (κ1) is 18.5. The van der Waals surface area contributed by atoms with Gasteiger partial charge in [-0.05, 0) is 35.0 Å². The van der Waals surface area contributed by atoms with Crippen LogP contribution < -0.4 is 15.3 Å². The molecule has 1 unspecified atom stereocenters. The Balaban J connectivity index is 1.74. The van der Waals surface area contributed by atoms with Crippen LogP contribution in [0.5, 0.6) is 5.75 Å². The molecule has 28 heavy (non-hydrogen) atoms. The zero-order chi connectivity index (χ0) is 19.7. The second kappa shape index (κ2) is 7.66. The number of quaternary nitrogens is 1. The average molecular weight is 395 g/mol. The maximum absolute atomic E-state index is 12.1. The van der Waals surface area contributed by atoms with Crippen LogP contribution in [0, 0.1) is 0 Å². The van der Waals surface area contributed by atoms with E-state index in [1.165, 1.54) is 4.90 Å². The van der Waals surface area contributed by atoms with Crippen molar-refractivity contribution >= 4 is 33.3 Å². The standard InChI is InChI=1S/C23H20ClNO3/c1-25(13-16-11-18(24)8-10-20(16)27-2)14-17-12-22(26)28-21-9-7-15-5-3-4-6-19(15)23(17)21/h3-12H,13-14H2,1-2H3/p+1. The average Bonchev–Trinajstić information content (AvgIpc) is 2.67. The molecule has 1 heterocycles. The minimum absolute atomic E-state index is 0.328. The Bertz CT molecular complexity index is 1220. The monoisotopic (exact) mass is 394 g/mol. The van der Waals surface area contributed by atoms with Crippen LogP contribution >= 0.6 is 11.6 Å². The summed E-state index contributed by atoms with van der Waals surface area (Å²) in [4.78, 5) is 13.3. The van der Waals surface area contributed by atoms with Crippen LogP contribution in [-0.4, -0.2) is 14.2 Å². The summed E-state index contributed by atoms with van der Waals surface area (Å²) in [5.74, 6) is 0.812. The van der Waals surface area contributed by atoms with E-state index in [-0.39, 0.29) is 5.63 Å². The van der Waals surface area contributed by atoms with Crippen molar-refractivity contribution in [2.24, 2.45) is 0 Å². The van der Waals surface area contributed by atoms with Gasteiger partial charge >= 0.3 is 5.63 Å². The van der Waals surface area contributed by atoms with Gasteiger partial charge in [0.15, 0.2) is 0 Å². The Morgan fingerprint density at radius 2 is 1.79 bits per heavy atom. The van der Waals surface area contributed by atoms with Gasteiger partial charge in [-0.25, -0.2) is 4.79 Å². The van der Waals surface area contributed by atoms with Crippen LogP contribution in [0.4, 0.5) is 0 Å². The Morgan fingerprint density at radius 3 is 2.61 bits per heavy atom. The van der Waals surface area contributed by atoms with Crippen LogP contribution in [0.3, 0.4) is 0 Å². The minimum atomic E-state index is -0.328. The molecule has 0 radical (unpaired) electrons. The third-order valence-electron chi connectivity index (χ3n) is 4.94. The van der Waals surface area contributed by atoms with Crippen LogP contribution in [0.1, 0.15) is 11.1 Å².